The highest BCUT2D eigenvalue weighted by molar-refractivity contribution is 5.96. The van der Waals surface area contributed by atoms with E-state index in [0.29, 0.717) is 11.5 Å². The highest BCUT2D eigenvalue weighted by atomic mass is 19.2. The Kier molecular flexibility index (Phi) is 5.47. The quantitative estimate of drug-likeness (QED) is 0.602. The van der Waals surface area contributed by atoms with Crippen molar-refractivity contribution >= 4 is 5.91 Å². The van der Waals surface area contributed by atoms with E-state index in [1.54, 1.807) is 5.01 Å². The molecule has 1 unspecified atom stereocenters. The average Bonchev–Trinajstić information content (AvgIpc) is 3.66. The molecule has 1 saturated carbocycles. The Labute approximate surface area is 194 Å². The average molecular weight is 467 g/mol. The first-order valence-corrected chi connectivity index (χ1v) is 11.0. The first-order valence-electron chi connectivity index (χ1n) is 11.0. The van der Waals surface area contributed by atoms with Crippen molar-refractivity contribution in [3.63, 3.8) is 0 Å². The number of aromatic hydroxyl groups is 1. The van der Waals surface area contributed by atoms with Crippen molar-refractivity contribution in [2.24, 2.45) is 5.92 Å². The first kappa shape index (κ1) is 21.9. The molecule has 3 aromatic rings. The van der Waals surface area contributed by atoms with E-state index in [1.165, 1.54) is 28.9 Å². The van der Waals surface area contributed by atoms with Crippen LogP contribution in [-0.4, -0.2) is 40.9 Å². The molecular formula is C25H23F2N3O4. The zero-order chi connectivity index (χ0) is 24.0. The Hall–Kier alpha value is -3.88. The fraction of sp³-hybridized carbons (Fsp3) is 0.280. The summed E-state index contributed by atoms with van der Waals surface area (Å²) in [6.07, 6.45) is 3.35. The van der Waals surface area contributed by atoms with Crippen LogP contribution >= 0.6 is 0 Å². The Morgan fingerprint density at radius 2 is 1.82 bits per heavy atom. The summed E-state index contributed by atoms with van der Waals surface area (Å²) in [7, 11) is 1.54. The van der Waals surface area contributed by atoms with Crippen molar-refractivity contribution in [1.29, 1.82) is 0 Å². The molecular weight excluding hydrogens is 444 g/mol. The van der Waals surface area contributed by atoms with Crippen LogP contribution in [0.1, 0.15) is 40.5 Å². The Bertz CT molecular complexity index is 1310. The van der Waals surface area contributed by atoms with Crippen LogP contribution in [0.5, 0.6) is 11.5 Å². The van der Waals surface area contributed by atoms with Gasteiger partial charge in [0.1, 0.15) is 12.7 Å². The van der Waals surface area contributed by atoms with Crippen molar-refractivity contribution in [3.8, 4) is 11.5 Å². The number of halogens is 2. The fourth-order valence-corrected chi connectivity index (χ4v) is 4.21. The predicted molar refractivity (Wildman–Crippen MR) is 120 cm³/mol. The standard InChI is InChI=1S/C25H23F2N3O4/c1-28-14-30(29-12-11-19(31)23(32)22(29)25(28)33)21(16-5-3-2-4-6-16)17-9-10-18(26)20(27)24(17)34-13-15-7-8-15/h2-6,9-12,15,21,32H,7-8,13-14H2,1H3. The Morgan fingerprint density at radius 3 is 2.53 bits per heavy atom. The summed E-state index contributed by atoms with van der Waals surface area (Å²) < 4.78 is 36.5. The Morgan fingerprint density at radius 1 is 1.09 bits per heavy atom. The maximum absolute atomic E-state index is 15.1. The summed E-state index contributed by atoms with van der Waals surface area (Å²) in [6.45, 7) is 0.325. The largest absolute Gasteiger partial charge is 0.502 e. The summed E-state index contributed by atoms with van der Waals surface area (Å²) in [4.78, 5) is 26.3. The molecule has 1 aliphatic carbocycles. The van der Waals surface area contributed by atoms with E-state index < -0.39 is 34.8 Å². The minimum Gasteiger partial charge on any atom is -0.502 e. The zero-order valence-electron chi connectivity index (χ0n) is 18.4. The third-order valence-corrected chi connectivity index (χ3v) is 6.19. The van der Waals surface area contributed by atoms with Gasteiger partial charge in [-0.25, -0.2) is 4.39 Å². The molecule has 2 aromatic carbocycles. The summed E-state index contributed by atoms with van der Waals surface area (Å²) >= 11 is 0. The maximum Gasteiger partial charge on any atom is 0.277 e. The van der Waals surface area contributed by atoms with Gasteiger partial charge in [-0.2, -0.15) is 4.39 Å². The monoisotopic (exact) mass is 467 g/mol. The van der Waals surface area contributed by atoms with Crippen LogP contribution in [0.4, 0.5) is 8.78 Å². The number of hydrogen-bond donors (Lipinski definition) is 1. The van der Waals surface area contributed by atoms with Gasteiger partial charge in [-0.1, -0.05) is 30.3 Å². The van der Waals surface area contributed by atoms with Gasteiger partial charge < -0.3 is 14.7 Å². The molecule has 1 atom stereocenters. The van der Waals surface area contributed by atoms with Gasteiger partial charge in [-0.3, -0.25) is 19.3 Å². The molecule has 1 aliphatic heterocycles. The van der Waals surface area contributed by atoms with Crippen LogP contribution in [0, 0.1) is 17.6 Å². The molecule has 9 heteroatoms. The van der Waals surface area contributed by atoms with Crippen LogP contribution in [0.25, 0.3) is 0 Å². The number of hydrogen-bond acceptors (Lipinski definition) is 5. The molecule has 0 saturated heterocycles. The van der Waals surface area contributed by atoms with E-state index in [4.69, 9.17) is 4.74 Å². The SMILES string of the molecule is CN1CN(C(c2ccccc2)c2ccc(F)c(F)c2OCC2CC2)n2ccc(=O)c(O)c2C1=O. The number of carbonyl (C=O) groups is 1. The lowest BCUT2D eigenvalue weighted by Crippen LogP contribution is -2.54. The van der Waals surface area contributed by atoms with E-state index in [9.17, 15) is 19.1 Å². The molecule has 34 heavy (non-hydrogen) atoms. The lowest BCUT2D eigenvalue weighted by atomic mass is 9.96. The number of pyridine rings is 1. The molecule has 1 N–H and O–H groups in total. The minimum atomic E-state index is -1.08. The van der Waals surface area contributed by atoms with E-state index in [0.717, 1.165) is 30.5 Å². The fourth-order valence-electron chi connectivity index (χ4n) is 4.21. The molecule has 2 heterocycles. The van der Waals surface area contributed by atoms with Gasteiger partial charge in [0.2, 0.25) is 11.2 Å². The first-order chi connectivity index (χ1) is 16.4. The maximum atomic E-state index is 15.1. The smallest absolute Gasteiger partial charge is 0.277 e. The second-order valence-corrected chi connectivity index (χ2v) is 8.65. The number of rotatable bonds is 6. The second kappa shape index (κ2) is 8.48. The van der Waals surface area contributed by atoms with Crippen LogP contribution in [0.15, 0.2) is 59.5 Å². The number of ether oxygens (including phenoxy) is 1. The summed E-state index contributed by atoms with van der Waals surface area (Å²) in [5.74, 6) is -3.18. The summed E-state index contributed by atoms with van der Waals surface area (Å²) in [5, 5.41) is 12.1. The van der Waals surface area contributed by atoms with Gasteiger partial charge in [-0.05, 0) is 36.5 Å². The van der Waals surface area contributed by atoms with Gasteiger partial charge in [-0.15, -0.1) is 0 Å². The molecule has 1 amide bonds. The summed E-state index contributed by atoms with van der Waals surface area (Å²) in [6, 6.07) is 12.1. The van der Waals surface area contributed by atoms with Crippen LogP contribution in [0.3, 0.4) is 0 Å². The van der Waals surface area contributed by atoms with Crippen molar-refractivity contribution in [2.75, 3.05) is 25.3 Å². The van der Waals surface area contributed by atoms with Gasteiger partial charge in [0.25, 0.3) is 5.91 Å². The van der Waals surface area contributed by atoms with Gasteiger partial charge in [0.05, 0.1) is 6.61 Å². The summed E-state index contributed by atoms with van der Waals surface area (Å²) in [5.41, 5.74) is 0.187. The molecule has 0 spiro atoms. The number of carbonyl (C=O) groups excluding carboxylic acids is 1. The molecule has 0 radical (unpaired) electrons. The predicted octanol–water partition coefficient (Wildman–Crippen LogP) is 3.39. The number of fused-ring (bicyclic) bond motifs is 1. The molecule has 5 rings (SSSR count). The number of nitrogens with zero attached hydrogens (tertiary/aromatic N) is 3. The van der Waals surface area contributed by atoms with Crippen molar-refractivity contribution in [3.05, 3.63) is 93.4 Å². The molecule has 0 bridgehead atoms. The molecule has 1 fully saturated rings. The van der Waals surface area contributed by atoms with Gasteiger partial charge in [0, 0.05) is 24.9 Å². The zero-order valence-corrected chi connectivity index (χ0v) is 18.4. The van der Waals surface area contributed by atoms with Crippen molar-refractivity contribution in [2.45, 2.75) is 18.9 Å². The van der Waals surface area contributed by atoms with Crippen molar-refractivity contribution < 1.29 is 23.4 Å². The van der Waals surface area contributed by atoms with Crippen LogP contribution in [0.2, 0.25) is 0 Å². The molecule has 2 aliphatic rings. The molecule has 1 aromatic heterocycles. The molecule has 7 nitrogen and oxygen atoms in total. The highest BCUT2D eigenvalue weighted by Gasteiger charge is 2.37. The van der Waals surface area contributed by atoms with Crippen molar-refractivity contribution in [1.82, 2.24) is 9.58 Å². The third-order valence-electron chi connectivity index (χ3n) is 6.19. The number of aromatic nitrogens is 1. The van der Waals surface area contributed by atoms with Gasteiger partial charge >= 0.3 is 0 Å². The second-order valence-electron chi connectivity index (χ2n) is 8.65. The normalized spacial score (nSPS) is 16.4. The lowest BCUT2D eigenvalue weighted by molar-refractivity contribution is 0.0726. The van der Waals surface area contributed by atoms with E-state index >= 15 is 4.39 Å². The van der Waals surface area contributed by atoms with Crippen LogP contribution in [-0.2, 0) is 0 Å². The van der Waals surface area contributed by atoms with E-state index in [1.807, 2.05) is 30.3 Å². The third kappa shape index (κ3) is 3.76. The molecule has 176 valence electrons. The lowest BCUT2D eigenvalue weighted by Gasteiger charge is -2.43. The minimum absolute atomic E-state index is 0.0504. The van der Waals surface area contributed by atoms with E-state index in [2.05, 4.69) is 0 Å². The highest BCUT2D eigenvalue weighted by Crippen LogP contribution is 2.39. The van der Waals surface area contributed by atoms with Gasteiger partial charge in [0.15, 0.2) is 23.0 Å². The Balaban J connectivity index is 1.72. The number of amides is 1. The topological polar surface area (TPSA) is 75.0 Å². The number of benzene rings is 2. The van der Waals surface area contributed by atoms with E-state index in [-0.39, 0.29) is 24.7 Å². The van der Waals surface area contributed by atoms with Crippen LogP contribution < -0.4 is 15.2 Å².